The first-order valence-electron chi connectivity index (χ1n) is 13.5. The van der Waals surface area contributed by atoms with Gasteiger partial charge in [-0.2, -0.15) is 5.26 Å². The third-order valence-corrected chi connectivity index (χ3v) is 6.62. The molecule has 0 radical (unpaired) electrons. The Kier molecular flexibility index (Phi) is 11.6. The van der Waals surface area contributed by atoms with Crippen LogP contribution in [0.2, 0.25) is 5.02 Å². The zero-order chi connectivity index (χ0) is 31.3. The SMILES string of the molecule is N#Cc1cccc(COc2cc(OC/C(C=O)=C/C=C\Nc3ccc4c(c3)OCCO4)c(Cl)cc2CN[C@H](CO)C(=O)O)c1. The Morgan fingerprint density at radius 3 is 2.66 bits per heavy atom. The van der Waals surface area contributed by atoms with Crippen LogP contribution in [0.5, 0.6) is 23.0 Å². The van der Waals surface area contributed by atoms with E-state index in [0.717, 1.165) is 11.3 Å². The van der Waals surface area contributed by atoms with E-state index < -0.39 is 18.6 Å². The molecule has 0 unspecified atom stereocenters. The number of carboxylic acid groups (broad SMARTS) is 1. The molecule has 0 aromatic heterocycles. The van der Waals surface area contributed by atoms with Gasteiger partial charge in [0.15, 0.2) is 11.5 Å². The number of aliphatic carboxylic acids is 1. The summed E-state index contributed by atoms with van der Waals surface area (Å²) in [7, 11) is 0. The number of aldehydes is 1. The lowest BCUT2D eigenvalue weighted by Crippen LogP contribution is -2.39. The Hall–Kier alpha value is -5.02. The summed E-state index contributed by atoms with van der Waals surface area (Å²) < 4.78 is 23.0. The van der Waals surface area contributed by atoms with E-state index in [2.05, 4.69) is 16.7 Å². The fourth-order valence-electron chi connectivity index (χ4n) is 4.05. The van der Waals surface area contributed by atoms with Crippen LogP contribution in [-0.2, 0) is 22.7 Å². The molecular formula is C32H30ClN3O8. The minimum atomic E-state index is -1.21. The molecule has 0 fully saturated rings. The van der Waals surface area contributed by atoms with E-state index in [0.29, 0.717) is 53.4 Å². The number of hydrogen-bond acceptors (Lipinski definition) is 10. The number of carboxylic acids is 1. The van der Waals surface area contributed by atoms with Crippen LogP contribution in [0.1, 0.15) is 16.7 Å². The number of nitriles is 1. The molecule has 1 aliphatic heterocycles. The van der Waals surface area contributed by atoms with Crippen molar-refractivity contribution in [3.63, 3.8) is 0 Å². The summed E-state index contributed by atoms with van der Waals surface area (Å²) in [6, 6.07) is 16.4. The number of nitrogens with zero attached hydrogens (tertiary/aromatic N) is 1. The first kappa shape index (κ1) is 31.9. The van der Waals surface area contributed by atoms with Crippen LogP contribution in [0, 0.1) is 11.3 Å². The first-order valence-corrected chi connectivity index (χ1v) is 13.9. The Morgan fingerprint density at radius 1 is 1.09 bits per heavy atom. The normalized spacial score (nSPS) is 13.2. The average Bonchev–Trinajstić information content (AvgIpc) is 3.04. The van der Waals surface area contributed by atoms with E-state index in [1.165, 1.54) is 0 Å². The number of nitrogens with one attached hydrogen (secondary N) is 2. The highest BCUT2D eigenvalue weighted by Crippen LogP contribution is 2.34. The van der Waals surface area contributed by atoms with Gasteiger partial charge in [0.2, 0.25) is 0 Å². The van der Waals surface area contributed by atoms with Gasteiger partial charge in [0, 0.05) is 41.7 Å². The number of fused-ring (bicyclic) bond motifs is 1. The summed E-state index contributed by atoms with van der Waals surface area (Å²) in [5.74, 6) is 0.698. The summed E-state index contributed by atoms with van der Waals surface area (Å²) in [5.41, 5.74) is 2.84. The lowest BCUT2D eigenvalue weighted by atomic mass is 10.1. The summed E-state index contributed by atoms with van der Waals surface area (Å²) in [4.78, 5) is 23.1. The predicted octanol–water partition coefficient (Wildman–Crippen LogP) is 4.23. The number of allylic oxidation sites excluding steroid dienone is 2. The van der Waals surface area contributed by atoms with Crippen LogP contribution in [0.15, 0.2) is 78.5 Å². The largest absolute Gasteiger partial charge is 0.488 e. The van der Waals surface area contributed by atoms with Gasteiger partial charge in [0.1, 0.15) is 50.3 Å². The molecule has 1 aliphatic rings. The molecular weight excluding hydrogens is 590 g/mol. The van der Waals surface area contributed by atoms with Crippen LogP contribution in [-0.4, -0.2) is 54.9 Å². The van der Waals surface area contributed by atoms with Crippen LogP contribution in [0.3, 0.4) is 0 Å². The molecule has 3 aromatic carbocycles. The second-order valence-electron chi connectivity index (χ2n) is 9.46. The fraction of sp³-hybridized carbons (Fsp3) is 0.219. The molecule has 0 amide bonds. The zero-order valence-electron chi connectivity index (χ0n) is 23.5. The molecule has 0 spiro atoms. The van der Waals surface area contributed by atoms with Crippen molar-refractivity contribution in [1.29, 1.82) is 5.26 Å². The zero-order valence-corrected chi connectivity index (χ0v) is 24.3. The highest BCUT2D eigenvalue weighted by molar-refractivity contribution is 6.32. The monoisotopic (exact) mass is 619 g/mol. The first-order chi connectivity index (χ1) is 21.4. The lowest BCUT2D eigenvalue weighted by molar-refractivity contribution is -0.140. The third kappa shape index (κ3) is 8.99. The lowest BCUT2D eigenvalue weighted by Gasteiger charge is -2.18. The van der Waals surface area contributed by atoms with Gasteiger partial charge in [0.25, 0.3) is 0 Å². The van der Waals surface area contributed by atoms with E-state index in [1.807, 2.05) is 18.2 Å². The molecule has 12 heteroatoms. The van der Waals surface area contributed by atoms with Crippen molar-refractivity contribution >= 4 is 29.5 Å². The van der Waals surface area contributed by atoms with Gasteiger partial charge in [-0.25, -0.2) is 0 Å². The van der Waals surface area contributed by atoms with Gasteiger partial charge in [-0.15, -0.1) is 0 Å². The van der Waals surface area contributed by atoms with Gasteiger partial charge >= 0.3 is 5.97 Å². The number of rotatable bonds is 15. The van der Waals surface area contributed by atoms with E-state index in [-0.39, 0.29) is 30.5 Å². The van der Waals surface area contributed by atoms with Gasteiger partial charge in [-0.3, -0.25) is 14.9 Å². The van der Waals surface area contributed by atoms with E-state index in [9.17, 15) is 25.1 Å². The standard InChI is InChI=1S/C32H30ClN3O8/c33-26-12-24(16-36-27(18-38)32(39)40)29(43-19-22-4-1-3-21(11-22)15-34)14-30(26)44-20-23(17-37)5-2-8-35-25-6-7-28-31(13-25)42-10-9-41-28/h1-8,11-14,17,27,35-36,38H,9-10,16,18-20H2,(H,39,40)/b8-2-,23-5+/t27-/m1/s1. The van der Waals surface area contributed by atoms with Crippen molar-refractivity contribution in [3.8, 4) is 29.1 Å². The Labute approximate surface area is 258 Å². The number of ether oxygens (including phenoxy) is 4. The molecule has 3 aromatic rings. The van der Waals surface area contributed by atoms with E-state index in [4.69, 9.17) is 30.5 Å². The van der Waals surface area contributed by atoms with Crippen LogP contribution >= 0.6 is 11.6 Å². The predicted molar refractivity (Wildman–Crippen MR) is 162 cm³/mol. The van der Waals surface area contributed by atoms with Gasteiger partial charge < -0.3 is 34.5 Å². The van der Waals surface area contributed by atoms with E-state index in [1.54, 1.807) is 54.8 Å². The number of aliphatic hydroxyl groups excluding tert-OH is 1. The topological polar surface area (TPSA) is 159 Å². The molecule has 1 atom stereocenters. The van der Waals surface area contributed by atoms with Crippen molar-refractivity contribution in [1.82, 2.24) is 5.32 Å². The molecule has 0 saturated heterocycles. The maximum Gasteiger partial charge on any atom is 0.323 e. The quantitative estimate of drug-likeness (QED) is 0.110. The number of aliphatic hydroxyl groups is 1. The average molecular weight is 620 g/mol. The van der Waals surface area contributed by atoms with Crippen LogP contribution in [0.25, 0.3) is 0 Å². The van der Waals surface area contributed by atoms with Crippen molar-refractivity contribution in [2.75, 3.05) is 31.7 Å². The number of halogens is 1. The molecule has 0 aliphatic carbocycles. The number of anilines is 1. The third-order valence-electron chi connectivity index (χ3n) is 6.33. The van der Waals surface area contributed by atoms with Gasteiger partial charge in [-0.05, 0) is 42.0 Å². The highest BCUT2D eigenvalue weighted by atomic mass is 35.5. The Balaban J connectivity index is 1.44. The van der Waals surface area contributed by atoms with Crippen molar-refractivity contribution in [3.05, 3.63) is 100 Å². The maximum absolute atomic E-state index is 11.7. The minimum Gasteiger partial charge on any atom is -0.488 e. The molecule has 1 heterocycles. The van der Waals surface area contributed by atoms with Gasteiger partial charge in [-0.1, -0.05) is 29.8 Å². The number of hydrogen-bond donors (Lipinski definition) is 4. The van der Waals surface area contributed by atoms with Crippen LogP contribution < -0.4 is 29.6 Å². The second kappa shape index (κ2) is 16.0. The highest BCUT2D eigenvalue weighted by Gasteiger charge is 2.18. The number of carbonyl (C=O) groups is 2. The fourth-order valence-corrected chi connectivity index (χ4v) is 4.29. The van der Waals surface area contributed by atoms with E-state index >= 15 is 0 Å². The maximum atomic E-state index is 11.7. The Morgan fingerprint density at radius 2 is 1.91 bits per heavy atom. The second-order valence-corrected chi connectivity index (χ2v) is 9.86. The molecule has 4 rings (SSSR count). The number of benzene rings is 3. The summed E-state index contributed by atoms with van der Waals surface area (Å²) in [6.45, 7) is 0.420. The smallest absolute Gasteiger partial charge is 0.323 e. The number of carbonyl (C=O) groups excluding carboxylic acids is 1. The molecule has 228 valence electrons. The van der Waals surface area contributed by atoms with Gasteiger partial charge in [0.05, 0.1) is 23.3 Å². The summed E-state index contributed by atoms with van der Waals surface area (Å²) >= 11 is 6.48. The molecule has 44 heavy (non-hydrogen) atoms. The molecule has 11 nitrogen and oxygen atoms in total. The molecule has 0 saturated carbocycles. The summed E-state index contributed by atoms with van der Waals surface area (Å²) in [5, 5.41) is 33.9. The molecule has 4 N–H and O–H groups in total. The van der Waals surface area contributed by atoms with Crippen molar-refractivity contribution < 1.29 is 38.7 Å². The molecule has 0 bridgehead atoms. The van der Waals surface area contributed by atoms with Crippen molar-refractivity contribution in [2.24, 2.45) is 0 Å². The van der Waals surface area contributed by atoms with Crippen LogP contribution in [0.4, 0.5) is 5.69 Å². The van der Waals surface area contributed by atoms with Crippen molar-refractivity contribution in [2.45, 2.75) is 19.2 Å². The minimum absolute atomic E-state index is 0.0196. The Bertz CT molecular complexity index is 1580. The summed E-state index contributed by atoms with van der Waals surface area (Å²) in [6.07, 6.45) is 5.57.